The average molecular weight is 342 g/mol. The van der Waals surface area contributed by atoms with Crippen molar-refractivity contribution in [1.82, 2.24) is 0 Å². The fraction of sp³-hybridized carbons (Fsp3) is 0.200. The molecule has 0 heterocycles. The number of nitrogens with two attached hydrogens (primary N) is 1. The van der Waals surface area contributed by atoms with Crippen molar-refractivity contribution in [2.24, 2.45) is 5.73 Å². The van der Waals surface area contributed by atoms with Crippen LogP contribution in [0.2, 0.25) is 0 Å². The molecule has 0 aliphatic rings. The highest BCUT2D eigenvalue weighted by atomic mass is 79.9. The number of ether oxygens (including phenoxy) is 1. The maximum Gasteiger partial charge on any atom is 0.168 e. The van der Waals surface area contributed by atoms with Crippen LogP contribution in [0.25, 0.3) is 0 Å². The molecule has 0 saturated heterocycles. The first kappa shape index (κ1) is 14.9. The average Bonchev–Trinajstić information content (AvgIpc) is 2.43. The summed E-state index contributed by atoms with van der Waals surface area (Å²) in [5.74, 6) is -0.629. The Bertz CT molecular complexity index is 619. The van der Waals surface area contributed by atoms with Gasteiger partial charge >= 0.3 is 0 Å². The van der Waals surface area contributed by atoms with Crippen LogP contribution in [-0.2, 0) is 6.42 Å². The van der Waals surface area contributed by atoms with Crippen molar-refractivity contribution in [3.63, 3.8) is 0 Å². The third-order valence-corrected chi connectivity index (χ3v) is 3.78. The van der Waals surface area contributed by atoms with Gasteiger partial charge in [0.25, 0.3) is 0 Å². The summed E-state index contributed by atoms with van der Waals surface area (Å²) in [5.41, 5.74) is 7.09. The van der Waals surface area contributed by atoms with E-state index in [1.54, 1.807) is 24.3 Å². The van der Waals surface area contributed by atoms with Gasteiger partial charge < -0.3 is 10.5 Å². The van der Waals surface area contributed by atoms with Crippen LogP contribution < -0.4 is 10.5 Å². The van der Waals surface area contributed by atoms with Gasteiger partial charge in [-0.1, -0.05) is 28.1 Å². The Morgan fingerprint density at radius 2 is 2.00 bits per heavy atom. The molecule has 0 fully saturated rings. The van der Waals surface area contributed by atoms with Gasteiger partial charge in [-0.2, -0.15) is 0 Å². The molecule has 2 rings (SSSR count). The van der Waals surface area contributed by atoms with Crippen molar-refractivity contribution in [2.75, 3.05) is 7.11 Å². The van der Waals surface area contributed by atoms with Crippen LogP contribution in [0.4, 0.5) is 8.78 Å². The summed E-state index contributed by atoms with van der Waals surface area (Å²) in [6.45, 7) is 0. The smallest absolute Gasteiger partial charge is 0.168 e. The summed E-state index contributed by atoms with van der Waals surface area (Å²) in [6.07, 6.45) is 0.255. The molecular formula is C15H14BrF2NO. The molecule has 1 atom stereocenters. The van der Waals surface area contributed by atoms with E-state index in [1.807, 2.05) is 0 Å². The zero-order chi connectivity index (χ0) is 14.7. The molecule has 2 aromatic rings. The molecule has 2 aromatic carbocycles. The van der Waals surface area contributed by atoms with Crippen LogP contribution in [0.5, 0.6) is 5.75 Å². The maximum absolute atomic E-state index is 14.1. The van der Waals surface area contributed by atoms with Gasteiger partial charge in [-0.3, -0.25) is 0 Å². The van der Waals surface area contributed by atoms with E-state index in [1.165, 1.54) is 19.2 Å². The number of methoxy groups -OCH3 is 1. The van der Waals surface area contributed by atoms with Gasteiger partial charge in [0.2, 0.25) is 0 Å². The highest BCUT2D eigenvalue weighted by Gasteiger charge is 2.16. The molecule has 2 N–H and O–H groups in total. The molecule has 0 radical (unpaired) electrons. The summed E-state index contributed by atoms with van der Waals surface area (Å²) in [7, 11) is 1.41. The zero-order valence-electron chi connectivity index (χ0n) is 10.9. The fourth-order valence-corrected chi connectivity index (χ4v) is 2.56. The molecule has 20 heavy (non-hydrogen) atoms. The first-order valence-electron chi connectivity index (χ1n) is 6.05. The third-order valence-electron chi connectivity index (χ3n) is 3.06. The van der Waals surface area contributed by atoms with Crippen LogP contribution in [0.15, 0.2) is 40.9 Å². The van der Waals surface area contributed by atoms with Gasteiger partial charge in [0.15, 0.2) is 11.6 Å². The molecule has 5 heteroatoms. The normalized spacial score (nSPS) is 12.2. The third kappa shape index (κ3) is 3.16. The van der Waals surface area contributed by atoms with E-state index in [4.69, 9.17) is 10.5 Å². The van der Waals surface area contributed by atoms with Crippen molar-refractivity contribution in [3.8, 4) is 5.75 Å². The van der Waals surface area contributed by atoms with E-state index in [9.17, 15) is 8.78 Å². The Hall–Kier alpha value is -1.46. The molecule has 0 spiro atoms. The summed E-state index contributed by atoms with van der Waals surface area (Å²) < 4.78 is 33.0. The molecule has 0 aliphatic heterocycles. The van der Waals surface area contributed by atoms with Gasteiger partial charge in [-0.25, -0.2) is 8.78 Å². The van der Waals surface area contributed by atoms with Gasteiger partial charge in [-0.05, 0) is 41.8 Å². The summed E-state index contributed by atoms with van der Waals surface area (Å²) in [4.78, 5) is 0. The molecule has 2 nitrogen and oxygen atoms in total. The molecule has 0 saturated carbocycles. The van der Waals surface area contributed by atoms with E-state index < -0.39 is 11.9 Å². The van der Waals surface area contributed by atoms with Crippen molar-refractivity contribution >= 4 is 15.9 Å². The predicted octanol–water partition coefficient (Wildman–Crippen LogP) is 3.98. The van der Waals surface area contributed by atoms with E-state index >= 15 is 0 Å². The van der Waals surface area contributed by atoms with Crippen LogP contribution in [0.1, 0.15) is 17.2 Å². The maximum atomic E-state index is 14.1. The van der Waals surface area contributed by atoms with Crippen molar-refractivity contribution in [1.29, 1.82) is 0 Å². The Balaban J connectivity index is 2.28. The topological polar surface area (TPSA) is 35.2 Å². The highest BCUT2D eigenvalue weighted by molar-refractivity contribution is 9.10. The van der Waals surface area contributed by atoms with E-state index in [2.05, 4.69) is 15.9 Å². The van der Waals surface area contributed by atoms with Crippen LogP contribution in [0, 0.1) is 11.6 Å². The van der Waals surface area contributed by atoms with Crippen LogP contribution in [-0.4, -0.2) is 7.11 Å². The number of hydrogen-bond acceptors (Lipinski definition) is 2. The van der Waals surface area contributed by atoms with Gasteiger partial charge in [0.05, 0.1) is 7.11 Å². The van der Waals surface area contributed by atoms with E-state index in [-0.39, 0.29) is 18.0 Å². The van der Waals surface area contributed by atoms with Crippen molar-refractivity contribution in [2.45, 2.75) is 12.5 Å². The summed E-state index contributed by atoms with van der Waals surface area (Å²) >= 11 is 3.33. The minimum atomic E-state index is -0.512. The van der Waals surface area contributed by atoms with Gasteiger partial charge in [0.1, 0.15) is 5.82 Å². The lowest BCUT2D eigenvalue weighted by atomic mass is 9.99. The van der Waals surface area contributed by atoms with Crippen LogP contribution >= 0.6 is 15.9 Å². The lowest BCUT2D eigenvalue weighted by molar-refractivity contribution is 0.383. The fourth-order valence-electron chi connectivity index (χ4n) is 2.02. The zero-order valence-corrected chi connectivity index (χ0v) is 12.5. The first-order chi connectivity index (χ1) is 9.52. The Labute approximate surface area is 124 Å². The standard InChI is InChI=1S/C15H14BrF2NO/c1-20-14-4-2-3-9(15(14)18)7-13(19)11-8-10(17)5-6-12(11)16/h2-6,8,13H,7,19H2,1H3. The quantitative estimate of drug-likeness (QED) is 0.912. The number of hydrogen-bond donors (Lipinski definition) is 1. The molecule has 0 amide bonds. The summed E-state index contributed by atoms with van der Waals surface area (Å²) in [5, 5.41) is 0. The lowest BCUT2D eigenvalue weighted by Crippen LogP contribution is -2.15. The van der Waals surface area contributed by atoms with Crippen molar-refractivity contribution < 1.29 is 13.5 Å². The summed E-state index contributed by atoms with van der Waals surface area (Å²) in [6, 6.07) is 8.66. The monoisotopic (exact) mass is 341 g/mol. The second kappa shape index (κ2) is 6.33. The van der Waals surface area contributed by atoms with Crippen LogP contribution in [0.3, 0.4) is 0 Å². The van der Waals surface area contributed by atoms with Gasteiger partial charge in [0, 0.05) is 10.5 Å². The molecule has 0 aromatic heterocycles. The second-order valence-corrected chi connectivity index (χ2v) is 5.26. The highest BCUT2D eigenvalue weighted by Crippen LogP contribution is 2.28. The minimum absolute atomic E-state index is 0.174. The number of rotatable bonds is 4. The molecule has 0 bridgehead atoms. The van der Waals surface area contributed by atoms with E-state index in [0.717, 1.165) is 0 Å². The van der Waals surface area contributed by atoms with Crippen molar-refractivity contribution in [3.05, 3.63) is 63.6 Å². The molecule has 106 valence electrons. The van der Waals surface area contributed by atoms with Gasteiger partial charge in [-0.15, -0.1) is 0 Å². The molecule has 0 aliphatic carbocycles. The largest absolute Gasteiger partial charge is 0.494 e. The Morgan fingerprint density at radius 3 is 2.70 bits per heavy atom. The molecule has 1 unspecified atom stereocenters. The predicted molar refractivity (Wildman–Crippen MR) is 77.7 cm³/mol. The number of halogens is 3. The lowest BCUT2D eigenvalue weighted by Gasteiger charge is -2.15. The second-order valence-electron chi connectivity index (χ2n) is 4.41. The SMILES string of the molecule is COc1cccc(CC(N)c2cc(F)ccc2Br)c1F. The Morgan fingerprint density at radius 1 is 1.25 bits per heavy atom. The minimum Gasteiger partial charge on any atom is -0.494 e. The Kier molecular flexibility index (Phi) is 4.73. The van der Waals surface area contributed by atoms with E-state index in [0.29, 0.717) is 15.6 Å². The molecular weight excluding hydrogens is 328 g/mol. The number of benzene rings is 2. The first-order valence-corrected chi connectivity index (χ1v) is 6.84.